The highest BCUT2D eigenvalue weighted by Crippen LogP contribution is 2.32. The summed E-state index contributed by atoms with van der Waals surface area (Å²) in [5.41, 5.74) is 8.75. The first-order chi connectivity index (χ1) is 31.3. The molecule has 0 spiro atoms. The number of aromatic nitrogens is 4. The van der Waals surface area contributed by atoms with Crippen LogP contribution in [-0.2, 0) is 40.3 Å². The van der Waals surface area contributed by atoms with Crippen LogP contribution in [0.1, 0.15) is 69.8 Å². The molecule has 0 unspecified atom stereocenters. The summed E-state index contributed by atoms with van der Waals surface area (Å²) in [7, 11) is 2.84. The van der Waals surface area contributed by atoms with E-state index in [1.807, 2.05) is 109 Å². The Bertz CT molecular complexity index is 3000. The molecule has 0 saturated carbocycles. The van der Waals surface area contributed by atoms with Crippen molar-refractivity contribution in [2.75, 3.05) is 20.8 Å². The van der Waals surface area contributed by atoms with Crippen LogP contribution < -0.4 is 9.47 Å². The van der Waals surface area contributed by atoms with E-state index in [-0.39, 0.29) is 12.4 Å². The van der Waals surface area contributed by atoms with E-state index in [1.54, 1.807) is 33.8 Å². The third-order valence-electron chi connectivity index (χ3n) is 10.8. The van der Waals surface area contributed by atoms with E-state index in [1.165, 1.54) is 18.8 Å². The van der Waals surface area contributed by atoms with Gasteiger partial charge in [0.25, 0.3) is 0 Å². The first-order valence-electron chi connectivity index (χ1n) is 21.3. The first-order valence-corrected chi connectivity index (χ1v) is 21.3. The highest BCUT2D eigenvalue weighted by atomic mass is 16.6. The van der Waals surface area contributed by atoms with Gasteiger partial charge >= 0.3 is 12.1 Å². The molecule has 8 rings (SSSR count). The van der Waals surface area contributed by atoms with E-state index < -0.39 is 17.7 Å². The van der Waals surface area contributed by atoms with Crippen molar-refractivity contribution < 1.29 is 38.1 Å². The molecular formula is C53H50N4O8. The summed E-state index contributed by atoms with van der Waals surface area (Å²) in [5, 5.41) is 0. The molecule has 0 aliphatic rings. The molecule has 65 heavy (non-hydrogen) atoms. The topological polar surface area (TPSA) is 144 Å². The third kappa shape index (κ3) is 10.3. The standard InChI is InChI=1S/C53H50N4O8/c1-33-54-50-43(47(58)32-61-5)26-40(29-46(50)57(33)52(60)65-53(2,3)4)38-18-22-42(23-19-38)64-31-36-14-10-13-34(25-36)15-24-48-55-45-28-39(27-44(49(45)56-48)51(59)62-6)37-16-20-41(21-17-37)63-30-35-11-8-7-9-12-35/h7-14,16-23,25-29H,15,24,30-32H2,1-6H3,(H,55,56). The Kier molecular flexibility index (Phi) is 12.9. The van der Waals surface area contributed by atoms with Crippen LogP contribution in [0.15, 0.2) is 127 Å². The molecule has 12 heteroatoms. The molecule has 0 radical (unpaired) electrons. The number of hydrogen-bond donors (Lipinski definition) is 1. The smallest absolute Gasteiger partial charge is 0.420 e. The lowest BCUT2D eigenvalue weighted by Gasteiger charge is -2.20. The van der Waals surface area contributed by atoms with Gasteiger partial charge in [-0.2, -0.15) is 0 Å². The fraction of sp³-hybridized carbons (Fsp3) is 0.226. The van der Waals surface area contributed by atoms with Crippen molar-refractivity contribution in [3.8, 4) is 33.8 Å². The number of hydrogen-bond acceptors (Lipinski definition) is 10. The van der Waals surface area contributed by atoms with Gasteiger partial charge in [-0.25, -0.2) is 24.1 Å². The van der Waals surface area contributed by atoms with Crippen LogP contribution in [0.5, 0.6) is 11.5 Å². The van der Waals surface area contributed by atoms with E-state index in [0.29, 0.717) is 65.3 Å². The van der Waals surface area contributed by atoms with Crippen LogP contribution in [0.2, 0.25) is 0 Å². The lowest BCUT2D eigenvalue weighted by Crippen LogP contribution is -2.27. The molecule has 2 heterocycles. The number of carbonyl (C=O) groups is 3. The van der Waals surface area contributed by atoms with Gasteiger partial charge in [0.2, 0.25) is 0 Å². The molecule has 0 aliphatic heterocycles. The van der Waals surface area contributed by atoms with Gasteiger partial charge < -0.3 is 28.7 Å². The molecule has 0 bridgehead atoms. The van der Waals surface area contributed by atoms with Crippen LogP contribution in [0.3, 0.4) is 0 Å². The number of carbonyl (C=O) groups excluding carboxylic acids is 3. The Labute approximate surface area is 377 Å². The Morgan fingerprint density at radius 3 is 1.89 bits per heavy atom. The molecule has 0 atom stereocenters. The molecule has 0 saturated heterocycles. The second-order valence-corrected chi connectivity index (χ2v) is 16.7. The minimum atomic E-state index is -0.723. The van der Waals surface area contributed by atoms with Gasteiger partial charge in [-0.3, -0.25) is 4.79 Å². The van der Waals surface area contributed by atoms with Crippen molar-refractivity contribution >= 4 is 39.9 Å². The zero-order valence-corrected chi connectivity index (χ0v) is 37.3. The highest BCUT2D eigenvalue weighted by molar-refractivity contribution is 6.09. The van der Waals surface area contributed by atoms with Gasteiger partial charge in [0.1, 0.15) is 59.6 Å². The number of methoxy groups -OCH3 is 2. The maximum atomic E-state index is 13.3. The number of H-pyrrole nitrogens is 1. The van der Waals surface area contributed by atoms with Crippen LogP contribution in [0, 0.1) is 6.92 Å². The minimum Gasteiger partial charge on any atom is -0.489 e. The number of ketones is 1. The fourth-order valence-electron chi connectivity index (χ4n) is 7.67. The number of Topliss-reactive ketones (excluding diaryl/α,β-unsaturated/α-hetero) is 1. The average molecular weight is 871 g/mol. The summed E-state index contributed by atoms with van der Waals surface area (Å²) in [5.74, 6) is 1.88. The predicted molar refractivity (Wildman–Crippen MR) is 250 cm³/mol. The Morgan fingerprint density at radius 1 is 0.631 bits per heavy atom. The normalized spacial score (nSPS) is 11.5. The van der Waals surface area contributed by atoms with Gasteiger partial charge in [0.15, 0.2) is 5.78 Å². The number of ether oxygens (including phenoxy) is 5. The Hall–Kier alpha value is -7.57. The lowest BCUT2D eigenvalue weighted by atomic mass is 9.99. The average Bonchev–Trinajstić information content (AvgIpc) is 3.88. The maximum absolute atomic E-state index is 13.3. The van der Waals surface area contributed by atoms with Crippen molar-refractivity contribution in [1.82, 2.24) is 19.5 Å². The number of benzene rings is 6. The van der Waals surface area contributed by atoms with E-state index in [9.17, 15) is 14.4 Å². The van der Waals surface area contributed by atoms with Crippen molar-refractivity contribution in [1.29, 1.82) is 0 Å². The summed E-state index contributed by atoms with van der Waals surface area (Å²) in [6, 6.07) is 41.1. The zero-order chi connectivity index (χ0) is 45.7. The van der Waals surface area contributed by atoms with Crippen molar-refractivity contribution in [2.45, 2.75) is 59.4 Å². The molecule has 6 aromatic carbocycles. The molecule has 0 fully saturated rings. The van der Waals surface area contributed by atoms with E-state index >= 15 is 0 Å². The minimum absolute atomic E-state index is 0.132. The number of fused-ring (bicyclic) bond motifs is 2. The first kappa shape index (κ1) is 44.1. The number of nitrogens with zero attached hydrogens (tertiary/aromatic N) is 3. The van der Waals surface area contributed by atoms with Crippen molar-refractivity contribution in [3.63, 3.8) is 0 Å². The van der Waals surface area contributed by atoms with Crippen LogP contribution in [0.4, 0.5) is 4.79 Å². The van der Waals surface area contributed by atoms with Gasteiger partial charge in [0.05, 0.1) is 23.7 Å². The van der Waals surface area contributed by atoms with Crippen molar-refractivity contribution in [3.05, 3.63) is 167 Å². The second kappa shape index (κ2) is 19.0. The predicted octanol–water partition coefficient (Wildman–Crippen LogP) is 10.9. The molecule has 0 aliphatic carbocycles. The van der Waals surface area contributed by atoms with Gasteiger partial charge in [0, 0.05) is 19.1 Å². The van der Waals surface area contributed by atoms with Gasteiger partial charge in [-0.05, 0) is 122 Å². The molecule has 2 aromatic heterocycles. The summed E-state index contributed by atoms with van der Waals surface area (Å²) in [4.78, 5) is 52.4. The summed E-state index contributed by atoms with van der Waals surface area (Å²) in [6.07, 6.45) is 0.751. The highest BCUT2D eigenvalue weighted by Gasteiger charge is 2.25. The SMILES string of the molecule is COCC(=O)c1cc(-c2ccc(OCc3cccc(CCc4nc5c(C(=O)OC)cc(-c6ccc(OCc7ccccc7)cc6)cc5[nH]4)c3)cc2)cc2c1nc(C)n2C(=O)OC(C)(C)C. The lowest BCUT2D eigenvalue weighted by molar-refractivity contribution is 0.0538. The van der Waals surface area contributed by atoms with Crippen molar-refractivity contribution in [2.24, 2.45) is 0 Å². The maximum Gasteiger partial charge on any atom is 0.420 e. The van der Waals surface area contributed by atoms with Crippen LogP contribution >= 0.6 is 0 Å². The van der Waals surface area contributed by atoms with E-state index in [0.717, 1.165) is 56.0 Å². The number of imidazole rings is 2. The number of aromatic amines is 1. The quantitative estimate of drug-likeness (QED) is 0.0781. The molecule has 8 aromatic rings. The van der Waals surface area contributed by atoms with Crippen LogP contribution in [0.25, 0.3) is 44.3 Å². The van der Waals surface area contributed by atoms with Gasteiger partial charge in [-0.15, -0.1) is 0 Å². The number of esters is 1. The third-order valence-corrected chi connectivity index (χ3v) is 10.8. The summed E-state index contributed by atoms with van der Waals surface area (Å²) >= 11 is 0. The number of aryl methyl sites for hydroxylation is 3. The zero-order valence-electron chi connectivity index (χ0n) is 37.3. The molecule has 330 valence electrons. The Balaban J connectivity index is 0.939. The molecule has 1 N–H and O–H groups in total. The van der Waals surface area contributed by atoms with E-state index in [2.05, 4.69) is 22.1 Å². The summed E-state index contributed by atoms with van der Waals surface area (Å²) in [6.45, 7) is 7.80. The molecule has 12 nitrogen and oxygen atoms in total. The fourth-order valence-corrected chi connectivity index (χ4v) is 7.67. The van der Waals surface area contributed by atoms with Crippen LogP contribution in [-0.4, -0.2) is 63.8 Å². The second-order valence-electron chi connectivity index (χ2n) is 16.7. The van der Waals surface area contributed by atoms with E-state index in [4.69, 9.17) is 28.7 Å². The number of rotatable bonds is 15. The largest absolute Gasteiger partial charge is 0.489 e. The monoisotopic (exact) mass is 870 g/mol. The molecule has 0 amide bonds. The van der Waals surface area contributed by atoms with Gasteiger partial charge in [-0.1, -0.05) is 78.9 Å². The number of nitrogens with one attached hydrogen (secondary N) is 1. The Morgan fingerprint density at radius 2 is 1.25 bits per heavy atom. The molecular weight excluding hydrogens is 821 g/mol. The summed E-state index contributed by atoms with van der Waals surface area (Å²) < 4.78 is 29.6.